The molecule has 0 fully saturated rings. The number of carbonyl (C=O) groups excluding carboxylic acids is 1. The van der Waals surface area contributed by atoms with E-state index >= 15 is 0 Å². The maximum Gasteiger partial charge on any atom is 0.243 e. The highest BCUT2D eigenvalue weighted by atomic mass is 16.3. The second-order valence-corrected chi connectivity index (χ2v) is 5.60. The Kier molecular flexibility index (Phi) is 4.30. The van der Waals surface area contributed by atoms with Crippen LogP contribution in [0.25, 0.3) is 0 Å². The Morgan fingerprint density at radius 2 is 2.00 bits per heavy atom. The summed E-state index contributed by atoms with van der Waals surface area (Å²) < 4.78 is 0. The van der Waals surface area contributed by atoms with Crippen LogP contribution in [0, 0.1) is 5.92 Å². The van der Waals surface area contributed by atoms with Gasteiger partial charge in [0.1, 0.15) is 12.1 Å². The van der Waals surface area contributed by atoms with Gasteiger partial charge in [0.05, 0.1) is 12.6 Å². The van der Waals surface area contributed by atoms with Gasteiger partial charge in [-0.25, -0.2) is 0 Å². The first-order valence-corrected chi connectivity index (χ1v) is 6.88. The Bertz CT molecular complexity index is 490. The van der Waals surface area contributed by atoms with Crippen molar-refractivity contribution in [2.45, 2.75) is 32.0 Å². The van der Waals surface area contributed by atoms with Crippen molar-refractivity contribution in [3.63, 3.8) is 0 Å². The van der Waals surface area contributed by atoms with Crippen molar-refractivity contribution >= 4 is 11.6 Å². The summed E-state index contributed by atoms with van der Waals surface area (Å²) in [5, 5.41) is 22.5. The second-order valence-electron chi connectivity index (χ2n) is 5.60. The van der Waals surface area contributed by atoms with Gasteiger partial charge in [-0.15, -0.1) is 0 Å². The molecule has 3 N–H and O–H groups in total. The number of hydrogen-bond acceptors (Lipinski definition) is 4. The maximum absolute atomic E-state index is 12.4. The van der Waals surface area contributed by atoms with Crippen LogP contribution in [-0.2, 0) is 4.79 Å². The highest BCUT2D eigenvalue weighted by Crippen LogP contribution is 2.32. The van der Waals surface area contributed by atoms with Gasteiger partial charge < -0.3 is 20.4 Å². The number of nitrogens with zero attached hydrogens (tertiary/aromatic N) is 1. The fourth-order valence-electron chi connectivity index (χ4n) is 2.84. The van der Waals surface area contributed by atoms with Crippen molar-refractivity contribution in [3.8, 4) is 0 Å². The minimum Gasteiger partial charge on any atom is -0.394 e. The van der Waals surface area contributed by atoms with Gasteiger partial charge >= 0.3 is 0 Å². The number of amides is 1. The zero-order chi connectivity index (χ0) is 14.9. The van der Waals surface area contributed by atoms with Crippen molar-refractivity contribution < 1.29 is 15.0 Å². The summed E-state index contributed by atoms with van der Waals surface area (Å²) in [7, 11) is 1.86. The number of rotatable bonds is 2. The number of hydrogen-bond donors (Lipinski definition) is 3. The summed E-state index contributed by atoms with van der Waals surface area (Å²) in [5.41, 5.74) is 1.55. The Hall–Kier alpha value is -1.59. The number of benzene rings is 1. The van der Waals surface area contributed by atoms with Crippen LogP contribution in [0.15, 0.2) is 24.3 Å². The molecule has 0 aliphatic carbocycles. The van der Waals surface area contributed by atoms with Crippen LogP contribution in [0.3, 0.4) is 0 Å². The summed E-state index contributed by atoms with van der Waals surface area (Å²) in [4.78, 5) is 14.3. The molecule has 1 aliphatic rings. The van der Waals surface area contributed by atoms with Gasteiger partial charge in [-0.3, -0.25) is 4.79 Å². The number of aliphatic hydroxyl groups excluding tert-OH is 2. The number of likely N-dealkylation sites (N-methyl/N-ethyl adjacent to an activating group) is 1. The normalized spacial score (nSPS) is 26.8. The highest BCUT2D eigenvalue weighted by Gasteiger charge is 2.35. The number of para-hydroxylation sites is 1. The van der Waals surface area contributed by atoms with Crippen LogP contribution >= 0.6 is 0 Å². The first-order valence-electron chi connectivity index (χ1n) is 6.88. The lowest BCUT2D eigenvalue weighted by Gasteiger charge is -2.38. The van der Waals surface area contributed by atoms with Crippen molar-refractivity contribution in [1.29, 1.82) is 0 Å². The summed E-state index contributed by atoms with van der Waals surface area (Å²) in [6.45, 7) is 3.67. The highest BCUT2D eigenvalue weighted by molar-refractivity contribution is 5.86. The average molecular weight is 278 g/mol. The summed E-state index contributed by atoms with van der Waals surface area (Å²) >= 11 is 0. The molecule has 1 heterocycles. The average Bonchev–Trinajstić information content (AvgIpc) is 2.42. The van der Waals surface area contributed by atoms with E-state index in [1.54, 1.807) is 0 Å². The Balaban J connectivity index is 2.54. The topological polar surface area (TPSA) is 72.8 Å². The lowest BCUT2D eigenvalue weighted by Crippen LogP contribution is -2.55. The van der Waals surface area contributed by atoms with E-state index in [2.05, 4.69) is 5.32 Å². The molecular weight excluding hydrogens is 256 g/mol. The van der Waals surface area contributed by atoms with Crippen LogP contribution in [0.1, 0.15) is 25.5 Å². The predicted octanol–water partition coefficient (Wildman–Crippen LogP) is 0.671. The van der Waals surface area contributed by atoms with E-state index in [-0.39, 0.29) is 24.5 Å². The summed E-state index contributed by atoms with van der Waals surface area (Å²) in [6.07, 6.45) is -0.921. The van der Waals surface area contributed by atoms with E-state index in [1.165, 1.54) is 0 Å². The van der Waals surface area contributed by atoms with E-state index in [9.17, 15) is 15.0 Å². The fraction of sp³-hybridized carbons (Fsp3) is 0.533. The first kappa shape index (κ1) is 14.8. The number of fused-ring (bicyclic) bond motifs is 1. The summed E-state index contributed by atoms with van der Waals surface area (Å²) in [6, 6.07) is 6.43. The van der Waals surface area contributed by atoms with Gasteiger partial charge in [0.2, 0.25) is 5.91 Å². The van der Waals surface area contributed by atoms with Crippen molar-refractivity contribution in [2.24, 2.45) is 5.92 Å². The molecule has 110 valence electrons. The molecule has 1 aromatic carbocycles. The molecule has 0 aromatic heterocycles. The smallest absolute Gasteiger partial charge is 0.243 e. The third-order valence-electron chi connectivity index (χ3n) is 3.86. The molecule has 0 saturated heterocycles. The van der Waals surface area contributed by atoms with Crippen LogP contribution < -0.4 is 10.2 Å². The first-order chi connectivity index (χ1) is 9.47. The molecule has 1 amide bonds. The number of anilines is 1. The van der Waals surface area contributed by atoms with Gasteiger partial charge in [0, 0.05) is 18.3 Å². The Morgan fingerprint density at radius 3 is 2.60 bits per heavy atom. The van der Waals surface area contributed by atoms with Crippen molar-refractivity contribution in [1.82, 2.24) is 5.32 Å². The lowest BCUT2D eigenvalue weighted by molar-refractivity contribution is -0.125. The van der Waals surface area contributed by atoms with E-state index in [0.717, 1.165) is 11.3 Å². The zero-order valence-electron chi connectivity index (χ0n) is 12.1. The van der Waals surface area contributed by atoms with Crippen LogP contribution in [-0.4, -0.2) is 41.9 Å². The van der Waals surface area contributed by atoms with E-state index < -0.39 is 12.1 Å². The molecule has 0 bridgehead atoms. The third-order valence-corrected chi connectivity index (χ3v) is 3.86. The molecule has 20 heavy (non-hydrogen) atoms. The van der Waals surface area contributed by atoms with E-state index in [4.69, 9.17) is 0 Å². The molecule has 5 nitrogen and oxygen atoms in total. The monoisotopic (exact) mass is 278 g/mol. The van der Waals surface area contributed by atoms with Crippen molar-refractivity contribution in [2.75, 3.05) is 18.6 Å². The standard InChI is InChI=1S/C15H22N2O3/c1-9(2)13-15(20)16-11(8-18)14(19)10-6-4-5-7-12(10)17(13)3/h4-7,9,11,13-14,18-19H,8H2,1-3H3,(H,16,20)/t11-,13+,14+/m1/s1. The fourth-order valence-corrected chi connectivity index (χ4v) is 2.84. The largest absolute Gasteiger partial charge is 0.394 e. The van der Waals surface area contributed by atoms with Gasteiger partial charge in [-0.2, -0.15) is 0 Å². The number of carbonyl (C=O) groups is 1. The third kappa shape index (κ3) is 2.51. The SMILES string of the molecule is CC(C)[C@H]1C(=O)N[C@H](CO)[C@@H](O)c2ccccc2N1C. The molecule has 2 rings (SSSR count). The molecule has 0 spiro atoms. The van der Waals surface area contributed by atoms with Gasteiger partial charge in [0.25, 0.3) is 0 Å². The van der Waals surface area contributed by atoms with Gasteiger partial charge in [-0.05, 0) is 12.0 Å². The van der Waals surface area contributed by atoms with Crippen molar-refractivity contribution in [3.05, 3.63) is 29.8 Å². The molecule has 5 heteroatoms. The zero-order valence-corrected chi connectivity index (χ0v) is 12.1. The maximum atomic E-state index is 12.4. The van der Waals surface area contributed by atoms with E-state index in [0.29, 0.717) is 0 Å². The molecule has 1 aromatic rings. The van der Waals surface area contributed by atoms with Gasteiger partial charge in [0.15, 0.2) is 0 Å². The van der Waals surface area contributed by atoms with Crippen LogP contribution in [0.4, 0.5) is 5.69 Å². The van der Waals surface area contributed by atoms with Crippen LogP contribution in [0.2, 0.25) is 0 Å². The Morgan fingerprint density at radius 1 is 1.35 bits per heavy atom. The second kappa shape index (κ2) is 5.81. The molecule has 1 aliphatic heterocycles. The minimum absolute atomic E-state index is 0.114. The minimum atomic E-state index is -0.921. The van der Waals surface area contributed by atoms with Gasteiger partial charge in [-0.1, -0.05) is 32.0 Å². The molecule has 0 saturated carbocycles. The van der Waals surface area contributed by atoms with E-state index in [1.807, 2.05) is 50.1 Å². The lowest BCUT2D eigenvalue weighted by atomic mass is 9.93. The summed E-state index contributed by atoms with van der Waals surface area (Å²) in [5.74, 6) is -0.0576. The molecule has 0 unspecified atom stereocenters. The molecular formula is C15H22N2O3. The quantitative estimate of drug-likeness (QED) is 0.743. The van der Waals surface area contributed by atoms with Crippen LogP contribution in [0.5, 0.6) is 0 Å². The number of aliphatic hydroxyl groups is 2. The predicted molar refractivity (Wildman–Crippen MR) is 77.4 cm³/mol. The number of nitrogens with one attached hydrogen (secondary N) is 1. The molecule has 0 radical (unpaired) electrons. The Labute approximate surface area is 119 Å². The molecule has 3 atom stereocenters.